The minimum absolute atomic E-state index is 0.00583. The van der Waals surface area contributed by atoms with Crippen LogP contribution in [-0.2, 0) is 6.42 Å². The van der Waals surface area contributed by atoms with Crippen LogP contribution in [0.4, 0.5) is 0 Å². The van der Waals surface area contributed by atoms with Gasteiger partial charge in [0.25, 0.3) is 0 Å². The highest BCUT2D eigenvalue weighted by atomic mass is 79.9. The second-order valence-corrected chi connectivity index (χ2v) is 3.64. The molecule has 2 nitrogen and oxygen atoms in total. The van der Waals surface area contributed by atoms with Crippen LogP contribution in [0.3, 0.4) is 0 Å². The van der Waals surface area contributed by atoms with E-state index < -0.39 is 0 Å². The highest BCUT2D eigenvalue weighted by Gasteiger charge is 2.09. The van der Waals surface area contributed by atoms with Crippen LogP contribution in [0.2, 0.25) is 0 Å². The number of halogens is 1. The van der Waals surface area contributed by atoms with Crippen molar-refractivity contribution in [1.29, 1.82) is 5.26 Å². The molecule has 0 saturated carbocycles. The van der Waals surface area contributed by atoms with E-state index in [4.69, 9.17) is 10.00 Å². The van der Waals surface area contributed by atoms with Gasteiger partial charge >= 0.3 is 0 Å². The summed E-state index contributed by atoms with van der Waals surface area (Å²) in [5.74, 6) is 0.861. The normalized spacial score (nSPS) is 11.8. The summed E-state index contributed by atoms with van der Waals surface area (Å²) in [7, 11) is 1.65. The van der Waals surface area contributed by atoms with Gasteiger partial charge in [0.2, 0.25) is 0 Å². The number of rotatable bonds is 4. The van der Waals surface area contributed by atoms with Gasteiger partial charge < -0.3 is 4.74 Å². The molecule has 0 aliphatic rings. The first-order valence-corrected chi connectivity index (χ1v) is 5.51. The van der Waals surface area contributed by atoms with Crippen molar-refractivity contribution in [3.05, 3.63) is 29.8 Å². The summed E-state index contributed by atoms with van der Waals surface area (Å²) in [6.07, 6.45) is 0.728. The molecule has 0 saturated heterocycles. The molecular formula is C11H12BrNO. The number of ether oxygens (including phenoxy) is 1. The zero-order chi connectivity index (χ0) is 10.4. The summed E-state index contributed by atoms with van der Waals surface area (Å²) in [5, 5.41) is 9.53. The molecule has 1 rings (SSSR count). The van der Waals surface area contributed by atoms with Gasteiger partial charge in [-0.2, -0.15) is 5.26 Å². The fourth-order valence-corrected chi connectivity index (χ4v) is 1.65. The standard InChI is InChI=1S/C11H12BrNO/c1-14-11-5-3-2-4-10(11)6-9(7-12)8-13/h2-5,9H,6-7H2,1H3. The van der Waals surface area contributed by atoms with Crippen LogP contribution in [0.15, 0.2) is 24.3 Å². The number of nitrogens with zero attached hydrogens (tertiary/aromatic N) is 1. The molecule has 1 unspecified atom stereocenters. The Hall–Kier alpha value is -1.01. The van der Waals surface area contributed by atoms with E-state index in [-0.39, 0.29) is 5.92 Å². The fourth-order valence-electron chi connectivity index (χ4n) is 1.27. The van der Waals surface area contributed by atoms with Crippen molar-refractivity contribution in [2.45, 2.75) is 6.42 Å². The van der Waals surface area contributed by atoms with Crippen LogP contribution < -0.4 is 4.74 Å². The van der Waals surface area contributed by atoms with Gasteiger partial charge in [-0.1, -0.05) is 34.1 Å². The molecule has 1 atom stereocenters. The van der Waals surface area contributed by atoms with Gasteiger partial charge in [0.05, 0.1) is 19.1 Å². The Kier molecular flexibility index (Phi) is 4.48. The molecule has 0 aliphatic heterocycles. The number of methoxy groups -OCH3 is 1. The molecule has 0 spiro atoms. The van der Waals surface area contributed by atoms with E-state index in [9.17, 15) is 0 Å². The average Bonchev–Trinajstić information content (AvgIpc) is 2.26. The maximum atomic E-state index is 8.83. The molecule has 0 heterocycles. The lowest BCUT2D eigenvalue weighted by atomic mass is 10.0. The molecule has 3 heteroatoms. The van der Waals surface area contributed by atoms with Crippen molar-refractivity contribution in [3.63, 3.8) is 0 Å². The number of benzene rings is 1. The average molecular weight is 254 g/mol. The summed E-state index contributed by atoms with van der Waals surface area (Å²) in [6.45, 7) is 0. The van der Waals surface area contributed by atoms with E-state index in [2.05, 4.69) is 22.0 Å². The van der Waals surface area contributed by atoms with Crippen molar-refractivity contribution >= 4 is 15.9 Å². The van der Waals surface area contributed by atoms with Gasteiger partial charge in [-0.15, -0.1) is 0 Å². The maximum Gasteiger partial charge on any atom is 0.122 e. The van der Waals surface area contributed by atoms with Gasteiger partial charge in [-0.3, -0.25) is 0 Å². The molecule has 0 fully saturated rings. The Bertz CT molecular complexity index is 332. The molecule has 0 amide bonds. The van der Waals surface area contributed by atoms with Crippen LogP contribution in [-0.4, -0.2) is 12.4 Å². The second-order valence-electron chi connectivity index (χ2n) is 3.00. The number of nitriles is 1. The van der Waals surface area contributed by atoms with Crippen LogP contribution in [0.1, 0.15) is 5.56 Å². The number of para-hydroxylation sites is 1. The molecule has 0 aromatic heterocycles. The first-order chi connectivity index (χ1) is 6.81. The van der Waals surface area contributed by atoms with E-state index >= 15 is 0 Å². The van der Waals surface area contributed by atoms with Gasteiger partial charge in [0.1, 0.15) is 5.75 Å². The number of hydrogen-bond donors (Lipinski definition) is 0. The third-order valence-electron chi connectivity index (χ3n) is 2.03. The lowest BCUT2D eigenvalue weighted by molar-refractivity contribution is 0.408. The van der Waals surface area contributed by atoms with Crippen molar-refractivity contribution < 1.29 is 4.74 Å². The van der Waals surface area contributed by atoms with E-state index in [1.54, 1.807) is 7.11 Å². The third-order valence-corrected chi connectivity index (χ3v) is 2.81. The molecule has 0 aliphatic carbocycles. The molecule has 1 aromatic carbocycles. The minimum atomic E-state index is 0.00583. The molecular weight excluding hydrogens is 242 g/mol. The fraction of sp³-hybridized carbons (Fsp3) is 0.364. The third kappa shape index (κ3) is 2.74. The van der Waals surface area contributed by atoms with E-state index in [0.29, 0.717) is 5.33 Å². The van der Waals surface area contributed by atoms with E-state index in [1.165, 1.54) is 0 Å². The van der Waals surface area contributed by atoms with E-state index in [0.717, 1.165) is 17.7 Å². The van der Waals surface area contributed by atoms with Crippen molar-refractivity contribution in [3.8, 4) is 11.8 Å². The predicted octanol–water partition coefficient (Wildman–Crippen LogP) is 2.77. The van der Waals surface area contributed by atoms with Crippen molar-refractivity contribution in [2.75, 3.05) is 12.4 Å². The minimum Gasteiger partial charge on any atom is -0.496 e. The van der Waals surface area contributed by atoms with Gasteiger partial charge in [-0.25, -0.2) is 0 Å². The quantitative estimate of drug-likeness (QED) is 0.774. The topological polar surface area (TPSA) is 33.0 Å². The highest BCUT2D eigenvalue weighted by Crippen LogP contribution is 2.21. The monoisotopic (exact) mass is 253 g/mol. The molecule has 1 aromatic rings. The van der Waals surface area contributed by atoms with Crippen LogP contribution >= 0.6 is 15.9 Å². The maximum absolute atomic E-state index is 8.83. The van der Waals surface area contributed by atoms with Gasteiger partial charge in [0.15, 0.2) is 0 Å². The van der Waals surface area contributed by atoms with Crippen LogP contribution in [0.5, 0.6) is 5.75 Å². The Balaban J connectivity index is 2.80. The largest absolute Gasteiger partial charge is 0.496 e. The molecule has 14 heavy (non-hydrogen) atoms. The van der Waals surface area contributed by atoms with Crippen LogP contribution in [0.25, 0.3) is 0 Å². The van der Waals surface area contributed by atoms with Crippen LogP contribution in [0, 0.1) is 17.2 Å². The first kappa shape index (κ1) is 11.1. The van der Waals surface area contributed by atoms with Crippen molar-refractivity contribution in [1.82, 2.24) is 0 Å². The Morgan fingerprint density at radius 2 is 2.21 bits per heavy atom. The molecule has 0 radical (unpaired) electrons. The SMILES string of the molecule is COc1ccccc1CC(C#N)CBr. The highest BCUT2D eigenvalue weighted by molar-refractivity contribution is 9.09. The number of alkyl halides is 1. The molecule has 74 valence electrons. The predicted molar refractivity (Wildman–Crippen MR) is 59.6 cm³/mol. The zero-order valence-corrected chi connectivity index (χ0v) is 9.62. The summed E-state index contributed by atoms with van der Waals surface area (Å²) >= 11 is 3.32. The Morgan fingerprint density at radius 3 is 2.79 bits per heavy atom. The lowest BCUT2D eigenvalue weighted by Gasteiger charge is -2.09. The van der Waals surface area contributed by atoms with Gasteiger partial charge in [0, 0.05) is 5.33 Å². The Labute approximate surface area is 92.6 Å². The second kappa shape index (κ2) is 5.66. The molecule has 0 N–H and O–H groups in total. The summed E-state index contributed by atoms with van der Waals surface area (Å²) in [4.78, 5) is 0. The molecule has 0 bridgehead atoms. The summed E-state index contributed by atoms with van der Waals surface area (Å²) < 4.78 is 5.21. The Morgan fingerprint density at radius 1 is 1.50 bits per heavy atom. The lowest BCUT2D eigenvalue weighted by Crippen LogP contribution is -2.04. The van der Waals surface area contributed by atoms with E-state index in [1.807, 2.05) is 24.3 Å². The number of hydrogen-bond acceptors (Lipinski definition) is 2. The first-order valence-electron chi connectivity index (χ1n) is 4.39. The van der Waals surface area contributed by atoms with Crippen molar-refractivity contribution in [2.24, 2.45) is 5.92 Å². The van der Waals surface area contributed by atoms with Gasteiger partial charge in [-0.05, 0) is 18.1 Å². The summed E-state index contributed by atoms with van der Waals surface area (Å²) in [6, 6.07) is 10.0. The zero-order valence-electron chi connectivity index (χ0n) is 8.03. The summed E-state index contributed by atoms with van der Waals surface area (Å²) in [5.41, 5.74) is 1.08. The smallest absolute Gasteiger partial charge is 0.122 e.